The van der Waals surface area contributed by atoms with Crippen molar-refractivity contribution in [1.29, 1.82) is 0 Å². The highest BCUT2D eigenvalue weighted by Gasteiger charge is 2.18. The van der Waals surface area contributed by atoms with Crippen molar-refractivity contribution in [1.82, 2.24) is 15.2 Å². The van der Waals surface area contributed by atoms with E-state index < -0.39 is 0 Å². The lowest BCUT2D eigenvalue weighted by atomic mass is 10.2. The smallest absolute Gasteiger partial charge is 0.0641 e. The zero-order chi connectivity index (χ0) is 13.5. The molecule has 4 nitrogen and oxygen atoms in total. The predicted octanol–water partition coefficient (Wildman–Crippen LogP) is 2.52. The molecular weight excluding hydrogens is 256 g/mol. The molecule has 0 amide bonds. The van der Waals surface area contributed by atoms with Crippen LogP contribution in [0.5, 0.6) is 0 Å². The average molecular weight is 282 g/mol. The summed E-state index contributed by atoms with van der Waals surface area (Å²) in [6.07, 6.45) is 9.54. The maximum Gasteiger partial charge on any atom is 0.0641 e. The Morgan fingerprint density at radius 3 is 3.00 bits per heavy atom. The topological polar surface area (TPSA) is 55.9 Å². The van der Waals surface area contributed by atoms with Gasteiger partial charge in [-0.1, -0.05) is 19.8 Å². The average Bonchev–Trinajstić information content (AvgIpc) is 3.08. The number of hydrogen-bond donors (Lipinski definition) is 2. The predicted molar refractivity (Wildman–Crippen MR) is 82.2 cm³/mol. The van der Waals surface area contributed by atoms with Crippen LogP contribution in [-0.4, -0.2) is 27.3 Å². The molecule has 0 saturated heterocycles. The van der Waals surface area contributed by atoms with Gasteiger partial charge >= 0.3 is 0 Å². The molecule has 1 fully saturated rings. The van der Waals surface area contributed by atoms with Gasteiger partial charge in [0.2, 0.25) is 0 Å². The Bertz CT molecular complexity index is 360. The van der Waals surface area contributed by atoms with Crippen molar-refractivity contribution in [2.45, 2.75) is 57.5 Å². The van der Waals surface area contributed by atoms with Gasteiger partial charge in [-0.25, -0.2) is 0 Å². The third-order valence-electron chi connectivity index (χ3n) is 3.72. The third kappa shape index (κ3) is 4.51. The molecule has 1 aliphatic rings. The number of nitrogens with zero attached hydrogens (tertiary/aromatic N) is 2. The van der Waals surface area contributed by atoms with E-state index in [0.29, 0.717) is 12.1 Å². The van der Waals surface area contributed by atoms with E-state index in [1.165, 1.54) is 37.9 Å². The van der Waals surface area contributed by atoms with Gasteiger partial charge in [0.05, 0.1) is 11.7 Å². The highest BCUT2D eigenvalue weighted by atomic mass is 32.2. The lowest BCUT2D eigenvalue weighted by Gasteiger charge is -2.14. The van der Waals surface area contributed by atoms with Gasteiger partial charge in [0.15, 0.2) is 0 Å². The van der Waals surface area contributed by atoms with Crippen LogP contribution in [0, 0.1) is 0 Å². The molecule has 1 heterocycles. The molecule has 19 heavy (non-hydrogen) atoms. The van der Waals surface area contributed by atoms with Crippen molar-refractivity contribution in [3.8, 4) is 0 Å². The maximum atomic E-state index is 5.63. The molecule has 0 spiro atoms. The standard InChI is InChI=1S/C14H26N4S/c1-2-9-19-11-13(16-15)10-12-7-8-18(17-12)14-5-3-4-6-14/h7-8,13-14,16H,2-6,9-11,15H2,1H3. The van der Waals surface area contributed by atoms with Gasteiger partial charge in [0.1, 0.15) is 0 Å². The minimum Gasteiger partial charge on any atom is -0.271 e. The molecule has 1 atom stereocenters. The zero-order valence-electron chi connectivity index (χ0n) is 11.8. The number of hydrogen-bond acceptors (Lipinski definition) is 4. The number of hydrazine groups is 1. The number of nitrogens with two attached hydrogens (primary N) is 1. The Balaban J connectivity index is 1.83. The molecule has 1 saturated carbocycles. The van der Waals surface area contributed by atoms with Crippen LogP contribution >= 0.6 is 11.8 Å². The molecule has 1 unspecified atom stereocenters. The number of thioether (sulfide) groups is 1. The molecule has 1 aromatic rings. The van der Waals surface area contributed by atoms with Crippen molar-refractivity contribution >= 4 is 11.8 Å². The van der Waals surface area contributed by atoms with Gasteiger partial charge in [0.25, 0.3) is 0 Å². The van der Waals surface area contributed by atoms with E-state index in [-0.39, 0.29) is 0 Å². The van der Waals surface area contributed by atoms with Gasteiger partial charge in [-0.15, -0.1) is 0 Å². The van der Waals surface area contributed by atoms with Gasteiger partial charge < -0.3 is 0 Å². The molecule has 0 bridgehead atoms. The molecule has 1 aromatic heterocycles. The van der Waals surface area contributed by atoms with Crippen molar-refractivity contribution in [2.75, 3.05) is 11.5 Å². The van der Waals surface area contributed by atoms with Crippen LogP contribution in [0.3, 0.4) is 0 Å². The normalized spacial score (nSPS) is 18.0. The molecule has 3 N–H and O–H groups in total. The van der Waals surface area contributed by atoms with Crippen molar-refractivity contribution in [3.05, 3.63) is 18.0 Å². The fraction of sp³-hybridized carbons (Fsp3) is 0.786. The molecule has 2 rings (SSSR count). The van der Waals surface area contributed by atoms with Crippen molar-refractivity contribution in [2.24, 2.45) is 5.84 Å². The molecule has 5 heteroatoms. The SMILES string of the molecule is CCCSCC(Cc1ccn(C2CCCC2)n1)NN. The molecule has 0 radical (unpaired) electrons. The highest BCUT2D eigenvalue weighted by molar-refractivity contribution is 7.99. The Morgan fingerprint density at radius 2 is 2.32 bits per heavy atom. The monoisotopic (exact) mass is 282 g/mol. The maximum absolute atomic E-state index is 5.63. The van der Waals surface area contributed by atoms with E-state index in [0.717, 1.165) is 17.9 Å². The summed E-state index contributed by atoms with van der Waals surface area (Å²) in [5, 5.41) is 4.72. The van der Waals surface area contributed by atoms with Gasteiger partial charge in [-0.05, 0) is 31.1 Å². The second-order valence-electron chi connectivity index (χ2n) is 5.37. The van der Waals surface area contributed by atoms with Crippen LogP contribution in [-0.2, 0) is 6.42 Å². The minimum absolute atomic E-state index is 0.323. The fourth-order valence-corrected chi connectivity index (χ4v) is 3.60. The van der Waals surface area contributed by atoms with Crippen LogP contribution in [0.2, 0.25) is 0 Å². The van der Waals surface area contributed by atoms with Gasteiger partial charge in [-0.3, -0.25) is 16.0 Å². The third-order valence-corrected chi connectivity index (χ3v) is 5.06. The second-order valence-corrected chi connectivity index (χ2v) is 6.52. The number of nitrogens with one attached hydrogen (secondary N) is 1. The second kappa shape index (κ2) is 7.92. The Kier molecular flexibility index (Phi) is 6.20. The van der Waals surface area contributed by atoms with Crippen molar-refractivity contribution in [3.63, 3.8) is 0 Å². The Hall–Kier alpha value is -0.520. The minimum atomic E-state index is 0.323. The molecule has 108 valence electrons. The summed E-state index contributed by atoms with van der Waals surface area (Å²) in [6, 6.07) is 3.10. The lowest BCUT2D eigenvalue weighted by Crippen LogP contribution is -2.38. The van der Waals surface area contributed by atoms with E-state index >= 15 is 0 Å². The first-order chi connectivity index (χ1) is 9.33. The Labute approximate surface area is 120 Å². The summed E-state index contributed by atoms with van der Waals surface area (Å²) >= 11 is 1.96. The van der Waals surface area contributed by atoms with E-state index in [1.54, 1.807) is 0 Å². The van der Waals surface area contributed by atoms with Crippen molar-refractivity contribution < 1.29 is 0 Å². The summed E-state index contributed by atoms with van der Waals surface area (Å²) < 4.78 is 2.16. The first kappa shape index (κ1) is 14.9. The zero-order valence-corrected chi connectivity index (χ0v) is 12.7. The van der Waals surface area contributed by atoms with Crippen LogP contribution in [0.1, 0.15) is 50.8 Å². The van der Waals surface area contributed by atoms with Gasteiger partial charge in [-0.2, -0.15) is 16.9 Å². The first-order valence-corrected chi connectivity index (χ1v) is 8.57. The fourth-order valence-electron chi connectivity index (χ4n) is 2.65. The quantitative estimate of drug-likeness (QED) is 0.437. The Morgan fingerprint density at radius 1 is 1.53 bits per heavy atom. The molecule has 1 aliphatic carbocycles. The summed E-state index contributed by atoms with van der Waals surface area (Å²) in [7, 11) is 0. The van der Waals surface area contributed by atoms with Crippen LogP contribution < -0.4 is 11.3 Å². The summed E-state index contributed by atoms with van der Waals surface area (Å²) in [5.41, 5.74) is 4.08. The molecular formula is C14H26N4S. The van der Waals surface area contributed by atoms with Crippen LogP contribution in [0.15, 0.2) is 12.3 Å². The molecule has 0 aliphatic heterocycles. The summed E-state index contributed by atoms with van der Waals surface area (Å²) in [6.45, 7) is 2.21. The molecule has 0 aromatic carbocycles. The number of aromatic nitrogens is 2. The lowest BCUT2D eigenvalue weighted by molar-refractivity contribution is 0.459. The first-order valence-electron chi connectivity index (χ1n) is 7.41. The van der Waals surface area contributed by atoms with Crippen LogP contribution in [0.25, 0.3) is 0 Å². The largest absolute Gasteiger partial charge is 0.271 e. The van der Waals surface area contributed by atoms with E-state index in [2.05, 4.69) is 29.3 Å². The summed E-state index contributed by atoms with van der Waals surface area (Å²) in [5.74, 6) is 7.89. The summed E-state index contributed by atoms with van der Waals surface area (Å²) in [4.78, 5) is 0. The van der Waals surface area contributed by atoms with E-state index in [9.17, 15) is 0 Å². The van der Waals surface area contributed by atoms with E-state index in [1.807, 2.05) is 11.8 Å². The number of rotatable bonds is 8. The van der Waals surface area contributed by atoms with E-state index in [4.69, 9.17) is 10.9 Å². The highest BCUT2D eigenvalue weighted by Crippen LogP contribution is 2.28. The van der Waals surface area contributed by atoms with Crippen LogP contribution in [0.4, 0.5) is 0 Å². The van der Waals surface area contributed by atoms with Gasteiger partial charge in [0, 0.05) is 24.4 Å².